The molecule has 6 nitrogen and oxygen atoms in total. The summed E-state index contributed by atoms with van der Waals surface area (Å²) in [5, 5.41) is 7.35. The number of hydrogen-bond acceptors (Lipinski definition) is 4. The Bertz CT molecular complexity index is 1030. The van der Waals surface area contributed by atoms with Gasteiger partial charge in [-0.15, -0.1) is 0 Å². The van der Waals surface area contributed by atoms with Crippen LogP contribution in [0, 0.1) is 5.92 Å². The number of amides is 1. The van der Waals surface area contributed by atoms with Crippen molar-refractivity contribution in [3.8, 4) is 5.69 Å². The Kier molecular flexibility index (Phi) is 6.43. The first-order valence-electron chi connectivity index (χ1n) is 10.5. The molecule has 3 aromatic rings. The Morgan fingerprint density at radius 3 is 2.47 bits per heavy atom. The zero-order valence-electron chi connectivity index (χ0n) is 17.4. The van der Waals surface area contributed by atoms with E-state index in [1.54, 1.807) is 6.20 Å². The molecule has 1 amide bonds. The van der Waals surface area contributed by atoms with Crippen LogP contribution in [-0.4, -0.2) is 40.3 Å². The molecule has 0 aliphatic carbocycles. The Morgan fingerprint density at radius 1 is 1.06 bits per heavy atom. The maximum atomic E-state index is 12.7. The van der Waals surface area contributed by atoms with Gasteiger partial charge in [0.15, 0.2) is 0 Å². The summed E-state index contributed by atoms with van der Waals surface area (Å²) < 4.78 is 39.9. The van der Waals surface area contributed by atoms with Crippen LogP contribution in [0.4, 0.5) is 19.0 Å². The van der Waals surface area contributed by atoms with Crippen molar-refractivity contribution in [1.29, 1.82) is 0 Å². The van der Waals surface area contributed by atoms with Gasteiger partial charge in [0.2, 0.25) is 5.91 Å². The summed E-state index contributed by atoms with van der Waals surface area (Å²) in [5.74, 6) is 0.417. The molecule has 9 heteroatoms. The number of hydrogen-bond donors (Lipinski definition) is 1. The average molecular weight is 443 g/mol. The fraction of sp³-hybridized carbons (Fsp3) is 0.348. The molecule has 1 N–H and O–H groups in total. The molecule has 2 aromatic heterocycles. The first-order valence-corrected chi connectivity index (χ1v) is 10.5. The number of para-hydroxylation sites is 1. The number of alkyl halides is 3. The Hall–Kier alpha value is -3.36. The van der Waals surface area contributed by atoms with Crippen molar-refractivity contribution < 1.29 is 18.0 Å². The zero-order valence-corrected chi connectivity index (χ0v) is 17.4. The standard InChI is InChI=1S/C23H24F3N5O/c24-23(25,26)19-6-7-21(28-15-19)30-12-9-18(10-13-30)22(32)27-11-8-17-14-29-31(16-17)20-4-2-1-3-5-20/h1-7,14-16,18H,8-13H2,(H,27,32). The van der Waals surface area contributed by atoms with Crippen molar-refractivity contribution in [3.63, 3.8) is 0 Å². The van der Waals surface area contributed by atoms with Gasteiger partial charge in [0.25, 0.3) is 0 Å². The molecule has 0 atom stereocenters. The summed E-state index contributed by atoms with van der Waals surface area (Å²) in [5.41, 5.74) is 1.26. The van der Waals surface area contributed by atoms with E-state index in [0.29, 0.717) is 44.7 Å². The number of carbonyl (C=O) groups is 1. The van der Waals surface area contributed by atoms with E-state index in [-0.39, 0.29) is 11.8 Å². The second-order valence-corrected chi connectivity index (χ2v) is 7.83. The molecule has 1 aromatic carbocycles. The molecular weight excluding hydrogens is 419 g/mol. The number of piperidine rings is 1. The molecule has 1 aliphatic rings. The molecule has 3 heterocycles. The van der Waals surface area contributed by atoms with Crippen LogP contribution in [-0.2, 0) is 17.4 Å². The van der Waals surface area contributed by atoms with E-state index in [1.807, 2.05) is 46.1 Å². The molecule has 0 unspecified atom stereocenters. The van der Waals surface area contributed by atoms with Gasteiger partial charge < -0.3 is 10.2 Å². The van der Waals surface area contributed by atoms with Crippen LogP contribution >= 0.6 is 0 Å². The van der Waals surface area contributed by atoms with Crippen LogP contribution in [0.25, 0.3) is 5.69 Å². The van der Waals surface area contributed by atoms with E-state index in [4.69, 9.17) is 0 Å². The molecule has 0 radical (unpaired) electrons. The summed E-state index contributed by atoms with van der Waals surface area (Å²) in [6.07, 6.45) is 2.19. The Morgan fingerprint density at radius 2 is 1.81 bits per heavy atom. The number of aromatic nitrogens is 3. The molecule has 0 bridgehead atoms. The van der Waals surface area contributed by atoms with Crippen molar-refractivity contribution in [2.75, 3.05) is 24.5 Å². The van der Waals surface area contributed by atoms with Crippen molar-refractivity contribution in [2.24, 2.45) is 5.92 Å². The summed E-state index contributed by atoms with van der Waals surface area (Å²) in [6, 6.07) is 12.2. The number of anilines is 1. The summed E-state index contributed by atoms with van der Waals surface area (Å²) >= 11 is 0. The van der Waals surface area contributed by atoms with E-state index in [0.717, 1.165) is 23.5 Å². The lowest BCUT2D eigenvalue weighted by atomic mass is 9.96. The van der Waals surface area contributed by atoms with Gasteiger partial charge in [-0.2, -0.15) is 18.3 Å². The largest absolute Gasteiger partial charge is 0.417 e. The second-order valence-electron chi connectivity index (χ2n) is 7.83. The lowest BCUT2D eigenvalue weighted by molar-refractivity contribution is -0.137. The number of nitrogens with zero attached hydrogens (tertiary/aromatic N) is 4. The second kappa shape index (κ2) is 9.42. The number of rotatable bonds is 6. The molecule has 1 fully saturated rings. The highest BCUT2D eigenvalue weighted by Crippen LogP contribution is 2.30. The lowest BCUT2D eigenvalue weighted by Gasteiger charge is -2.32. The van der Waals surface area contributed by atoms with E-state index in [9.17, 15) is 18.0 Å². The Labute approximate surface area is 184 Å². The van der Waals surface area contributed by atoms with Crippen LogP contribution in [0.15, 0.2) is 61.1 Å². The molecule has 4 rings (SSSR count). The van der Waals surface area contributed by atoms with Crippen LogP contribution in [0.3, 0.4) is 0 Å². The molecule has 1 saturated heterocycles. The van der Waals surface area contributed by atoms with E-state index in [2.05, 4.69) is 15.4 Å². The van der Waals surface area contributed by atoms with Gasteiger partial charge in [0.05, 0.1) is 17.4 Å². The van der Waals surface area contributed by atoms with Gasteiger partial charge in [-0.1, -0.05) is 18.2 Å². The number of nitrogens with one attached hydrogen (secondary N) is 1. The van der Waals surface area contributed by atoms with Crippen molar-refractivity contribution in [1.82, 2.24) is 20.1 Å². The van der Waals surface area contributed by atoms with Gasteiger partial charge in [-0.05, 0) is 49.1 Å². The van der Waals surface area contributed by atoms with Gasteiger partial charge in [-0.25, -0.2) is 9.67 Å². The molecular formula is C23H24F3N5O. The highest BCUT2D eigenvalue weighted by molar-refractivity contribution is 5.79. The molecule has 0 saturated carbocycles. The van der Waals surface area contributed by atoms with Crippen LogP contribution in [0.5, 0.6) is 0 Å². The Balaban J connectivity index is 1.22. The zero-order chi connectivity index (χ0) is 22.6. The predicted octanol–water partition coefficient (Wildman–Crippen LogP) is 3.86. The number of halogens is 3. The third-order valence-electron chi connectivity index (χ3n) is 5.63. The SMILES string of the molecule is O=C(NCCc1cnn(-c2ccccc2)c1)C1CCN(c2ccc(C(F)(F)F)cn2)CC1. The predicted molar refractivity (Wildman–Crippen MR) is 114 cm³/mol. The maximum Gasteiger partial charge on any atom is 0.417 e. The smallest absolute Gasteiger partial charge is 0.357 e. The van der Waals surface area contributed by atoms with Crippen molar-refractivity contribution in [2.45, 2.75) is 25.4 Å². The first-order chi connectivity index (χ1) is 15.4. The molecule has 0 spiro atoms. The summed E-state index contributed by atoms with van der Waals surface area (Å²) in [4.78, 5) is 18.4. The van der Waals surface area contributed by atoms with E-state index < -0.39 is 11.7 Å². The summed E-state index contributed by atoms with van der Waals surface area (Å²) in [7, 11) is 0. The van der Waals surface area contributed by atoms with Gasteiger partial charge in [0, 0.05) is 37.9 Å². The van der Waals surface area contributed by atoms with E-state index >= 15 is 0 Å². The number of pyridine rings is 1. The van der Waals surface area contributed by atoms with Crippen LogP contribution in [0.1, 0.15) is 24.0 Å². The first kappa shape index (κ1) is 21.9. The highest BCUT2D eigenvalue weighted by Gasteiger charge is 2.31. The lowest BCUT2D eigenvalue weighted by Crippen LogP contribution is -2.41. The third kappa shape index (κ3) is 5.27. The van der Waals surface area contributed by atoms with Gasteiger partial charge >= 0.3 is 6.18 Å². The van der Waals surface area contributed by atoms with Gasteiger partial charge in [0.1, 0.15) is 5.82 Å². The molecule has 168 valence electrons. The van der Waals surface area contributed by atoms with Gasteiger partial charge in [-0.3, -0.25) is 4.79 Å². The minimum atomic E-state index is -4.39. The minimum absolute atomic E-state index is 0.0143. The molecule has 32 heavy (non-hydrogen) atoms. The summed E-state index contributed by atoms with van der Waals surface area (Å²) in [6.45, 7) is 1.70. The number of benzene rings is 1. The fourth-order valence-corrected chi connectivity index (χ4v) is 3.80. The van der Waals surface area contributed by atoms with E-state index in [1.165, 1.54) is 6.07 Å². The molecule has 1 aliphatic heterocycles. The topological polar surface area (TPSA) is 63.1 Å². The fourth-order valence-electron chi connectivity index (χ4n) is 3.80. The van der Waals surface area contributed by atoms with Crippen LogP contribution < -0.4 is 10.2 Å². The maximum absolute atomic E-state index is 12.7. The van der Waals surface area contributed by atoms with Crippen molar-refractivity contribution >= 4 is 11.7 Å². The minimum Gasteiger partial charge on any atom is -0.357 e. The highest BCUT2D eigenvalue weighted by atomic mass is 19.4. The normalized spacial score (nSPS) is 15.0. The van der Waals surface area contributed by atoms with Crippen LogP contribution in [0.2, 0.25) is 0 Å². The third-order valence-corrected chi connectivity index (χ3v) is 5.63. The quantitative estimate of drug-likeness (QED) is 0.629. The average Bonchev–Trinajstić information content (AvgIpc) is 3.28. The van der Waals surface area contributed by atoms with Crippen molar-refractivity contribution in [3.05, 3.63) is 72.2 Å². The number of carbonyl (C=O) groups excluding carboxylic acids is 1. The monoisotopic (exact) mass is 443 g/mol.